The van der Waals surface area contributed by atoms with Gasteiger partial charge in [0.15, 0.2) is 6.10 Å². The fourth-order valence-corrected chi connectivity index (χ4v) is 2.78. The lowest BCUT2D eigenvalue weighted by molar-refractivity contribution is -0.137. The molecule has 0 amide bonds. The van der Waals surface area contributed by atoms with Gasteiger partial charge in [-0.05, 0) is 48.5 Å². The summed E-state index contributed by atoms with van der Waals surface area (Å²) in [5.74, 6) is 1.34. The van der Waals surface area contributed by atoms with E-state index in [4.69, 9.17) is 14.2 Å². The molecular weight excluding hydrogens is 389 g/mol. The van der Waals surface area contributed by atoms with E-state index in [0.29, 0.717) is 23.8 Å². The van der Waals surface area contributed by atoms with Crippen molar-refractivity contribution in [2.45, 2.75) is 18.8 Å². The highest BCUT2D eigenvalue weighted by atomic mass is 19.4. The zero-order valence-electron chi connectivity index (χ0n) is 14.9. The SMILES string of the molecule is O=c1ccn2c(n1)OC(COc1ccc(Oc3ccc(C(F)(F)F)cc3)cc1)C2. The average molecular weight is 404 g/mol. The van der Waals surface area contributed by atoms with Gasteiger partial charge in [0, 0.05) is 12.3 Å². The maximum Gasteiger partial charge on any atom is 0.416 e. The quantitative estimate of drug-likeness (QED) is 0.646. The van der Waals surface area contributed by atoms with Gasteiger partial charge < -0.3 is 14.2 Å². The lowest BCUT2D eigenvalue weighted by Crippen LogP contribution is -2.23. The van der Waals surface area contributed by atoms with Crippen LogP contribution in [0.2, 0.25) is 0 Å². The van der Waals surface area contributed by atoms with Crippen LogP contribution < -0.4 is 19.8 Å². The van der Waals surface area contributed by atoms with Gasteiger partial charge in [-0.1, -0.05) is 0 Å². The predicted molar refractivity (Wildman–Crippen MR) is 96.4 cm³/mol. The molecule has 3 aromatic rings. The van der Waals surface area contributed by atoms with Crippen molar-refractivity contribution in [3.63, 3.8) is 0 Å². The topological polar surface area (TPSA) is 62.6 Å². The smallest absolute Gasteiger partial charge is 0.416 e. The number of alkyl halides is 3. The number of aromatic nitrogens is 2. The Labute approximate surface area is 163 Å². The van der Waals surface area contributed by atoms with E-state index in [-0.39, 0.29) is 24.3 Å². The highest BCUT2D eigenvalue weighted by molar-refractivity contribution is 5.36. The third-order valence-electron chi connectivity index (χ3n) is 4.20. The molecule has 1 aliphatic heterocycles. The molecule has 1 aliphatic rings. The predicted octanol–water partition coefficient (Wildman–Crippen LogP) is 3.89. The molecule has 0 saturated carbocycles. The zero-order chi connectivity index (χ0) is 20.4. The van der Waals surface area contributed by atoms with Crippen LogP contribution in [0.25, 0.3) is 0 Å². The molecule has 0 aliphatic carbocycles. The molecule has 4 rings (SSSR count). The summed E-state index contributed by atoms with van der Waals surface area (Å²) in [7, 11) is 0. The van der Waals surface area contributed by atoms with Gasteiger partial charge in [0.05, 0.1) is 12.1 Å². The number of hydrogen-bond donors (Lipinski definition) is 0. The van der Waals surface area contributed by atoms with E-state index in [1.807, 2.05) is 0 Å². The highest BCUT2D eigenvalue weighted by Gasteiger charge is 2.30. The summed E-state index contributed by atoms with van der Waals surface area (Å²) in [6.07, 6.45) is -3.03. The number of halogens is 3. The van der Waals surface area contributed by atoms with Crippen molar-refractivity contribution < 1.29 is 27.4 Å². The first-order chi connectivity index (χ1) is 13.9. The normalized spacial score (nSPS) is 15.5. The van der Waals surface area contributed by atoms with E-state index in [2.05, 4.69) is 4.98 Å². The van der Waals surface area contributed by atoms with Crippen molar-refractivity contribution in [1.29, 1.82) is 0 Å². The summed E-state index contributed by atoms with van der Waals surface area (Å²) < 4.78 is 56.3. The molecule has 29 heavy (non-hydrogen) atoms. The monoisotopic (exact) mass is 404 g/mol. The molecule has 0 saturated heterocycles. The van der Waals surface area contributed by atoms with Crippen LogP contribution in [0, 0.1) is 0 Å². The molecule has 2 aromatic carbocycles. The molecule has 2 heterocycles. The molecule has 1 atom stereocenters. The van der Waals surface area contributed by atoms with E-state index < -0.39 is 11.7 Å². The number of fused-ring (bicyclic) bond motifs is 1. The number of rotatable bonds is 5. The molecule has 150 valence electrons. The molecule has 1 unspecified atom stereocenters. The second-order valence-corrected chi connectivity index (χ2v) is 6.35. The van der Waals surface area contributed by atoms with Gasteiger partial charge in [-0.25, -0.2) is 0 Å². The fraction of sp³-hybridized carbons (Fsp3) is 0.200. The van der Waals surface area contributed by atoms with Gasteiger partial charge in [0.2, 0.25) is 0 Å². The van der Waals surface area contributed by atoms with Crippen molar-refractivity contribution in [2.75, 3.05) is 6.61 Å². The summed E-state index contributed by atoms with van der Waals surface area (Å²) >= 11 is 0. The third-order valence-corrected chi connectivity index (χ3v) is 4.20. The Bertz CT molecular complexity index is 1050. The van der Waals surface area contributed by atoms with Crippen LogP contribution in [-0.2, 0) is 12.7 Å². The van der Waals surface area contributed by atoms with Crippen LogP contribution in [0.1, 0.15) is 5.56 Å². The molecule has 9 heteroatoms. The largest absolute Gasteiger partial charge is 0.490 e. The Hall–Kier alpha value is -3.49. The molecule has 6 nitrogen and oxygen atoms in total. The van der Waals surface area contributed by atoms with Gasteiger partial charge in [-0.15, -0.1) is 0 Å². The summed E-state index contributed by atoms with van der Waals surface area (Å²) in [5.41, 5.74) is -1.09. The number of hydrogen-bond acceptors (Lipinski definition) is 5. The molecule has 0 radical (unpaired) electrons. The Morgan fingerprint density at radius 3 is 2.28 bits per heavy atom. The maximum absolute atomic E-state index is 12.6. The minimum absolute atomic E-state index is 0.261. The summed E-state index contributed by atoms with van der Waals surface area (Å²) in [4.78, 5) is 15.0. The number of nitrogens with zero attached hydrogens (tertiary/aromatic N) is 2. The highest BCUT2D eigenvalue weighted by Crippen LogP contribution is 2.31. The second-order valence-electron chi connectivity index (χ2n) is 6.35. The molecule has 0 bridgehead atoms. The van der Waals surface area contributed by atoms with Gasteiger partial charge in [-0.2, -0.15) is 18.2 Å². The van der Waals surface area contributed by atoms with Gasteiger partial charge in [0.25, 0.3) is 11.6 Å². The molecular formula is C20H15F3N2O4. The lowest BCUT2D eigenvalue weighted by Gasteiger charge is -2.12. The van der Waals surface area contributed by atoms with E-state index in [0.717, 1.165) is 12.1 Å². The van der Waals surface area contributed by atoms with Crippen molar-refractivity contribution >= 4 is 0 Å². The summed E-state index contributed by atoms with van der Waals surface area (Å²) in [6, 6.07) is 12.8. The van der Waals surface area contributed by atoms with Crippen LogP contribution in [-0.4, -0.2) is 22.3 Å². The lowest BCUT2D eigenvalue weighted by atomic mass is 10.2. The van der Waals surface area contributed by atoms with Crippen LogP contribution in [0.4, 0.5) is 13.2 Å². The molecule has 0 spiro atoms. The number of benzene rings is 2. The van der Waals surface area contributed by atoms with E-state index in [1.54, 1.807) is 35.0 Å². The Morgan fingerprint density at radius 2 is 1.62 bits per heavy atom. The van der Waals surface area contributed by atoms with Gasteiger partial charge >= 0.3 is 6.18 Å². The molecule has 0 fully saturated rings. The Balaban J connectivity index is 1.31. The fourth-order valence-electron chi connectivity index (χ4n) is 2.78. The Kier molecular flexibility index (Phi) is 4.87. The first-order valence-corrected chi connectivity index (χ1v) is 8.69. The van der Waals surface area contributed by atoms with Crippen molar-refractivity contribution in [3.05, 3.63) is 76.7 Å². The Morgan fingerprint density at radius 1 is 1.00 bits per heavy atom. The van der Waals surface area contributed by atoms with Gasteiger partial charge in [-0.3, -0.25) is 9.36 Å². The van der Waals surface area contributed by atoms with E-state index in [1.165, 1.54) is 18.2 Å². The van der Waals surface area contributed by atoms with Crippen molar-refractivity contribution in [3.8, 4) is 23.3 Å². The minimum atomic E-state index is -4.38. The van der Waals surface area contributed by atoms with Crippen LogP contribution in [0.5, 0.6) is 23.3 Å². The molecule has 1 aromatic heterocycles. The summed E-state index contributed by atoms with van der Waals surface area (Å²) in [5, 5.41) is 0. The standard InChI is InChI=1S/C20H15F3N2O4/c21-20(22,23)13-1-3-15(4-2-13)28-16-7-5-14(6-8-16)27-12-17-11-25-10-9-18(26)24-19(25)29-17/h1-10,17H,11-12H2. The summed E-state index contributed by atoms with van der Waals surface area (Å²) in [6.45, 7) is 0.786. The third kappa shape index (κ3) is 4.50. The first-order valence-electron chi connectivity index (χ1n) is 8.69. The van der Waals surface area contributed by atoms with E-state index >= 15 is 0 Å². The minimum Gasteiger partial charge on any atom is -0.490 e. The first kappa shape index (κ1) is 18.9. The van der Waals surface area contributed by atoms with Crippen molar-refractivity contribution in [1.82, 2.24) is 9.55 Å². The van der Waals surface area contributed by atoms with Crippen LogP contribution >= 0.6 is 0 Å². The zero-order valence-corrected chi connectivity index (χ0v) is 14.9. The van der Waals surface area contributed by atoms with E-state index in [9.17, 15) is 18.0 Å². The van der Waals surface area contributed by atoms with Crippen molar-refractivity contribution in [2.24, 2.45) is 0 Å². The number of ether oxygens (including phenoxy) is 3. The van der Waals surface area contributed by atoms with Crippen LogP contribution in [0.15, 0.2) is 65.6 Å². The second kappa shape index (κ2) is 7.50. The molecule has 0 N–H and O–H groups in total. The maximum atomic E-state index is 12.6. The average Bonchev–Trinajstić information content (AvgIpc) is 3.09. The van der Waals surface area contributed by atoms with Gasteiger partial charge in [0.1, 0.15) is 23.9 Å². The van der Waals surface area contributed by atoms with Crippen LogP contribution in [0.3, 0.4) is 0 Å².